The van der Waals surface area contributed by atoms with Crippen LogP contribution < -0.4 is 11.1 Å². The minimum Gasteiger partial charge on any atom is -0.368 e. The number of hydrogen-bond acceptors (Lipinski definition) is 3. The maximum absolute atomic E-state index is 11.5. The smallest absolute Gasteiger partial charge is 0.237 e. The molecule has 88 valence electrons. The number of aromatic nitrogens is 2. The summed E-state index contributed by atoms with van der Waals surface area (Å²) in [5, 5.41) is 3.08. The Labute approximate surface area is 95.0 Å². The minimum absolute atomic E-state index is 0.254. The highest BCUT2D eigenvalue weighted by atomic mass is 16.1. The van der Waals surface area contributed by atoms with E-state index in [4.69, 9.17) is 5.73 Å². The molecule has 2 atom stereocenters. The number of amides is 1. The second kappa shape index (κ2) is 3.90. The molecule has 1 heterocycles. The molecule has 16 heavy (non-hydrogen) atoms. The second-order valence-corrected chi connectivity index (χ2v) is 4.47. The van der Waals surface area contributed by atoms with Crippen molar-refractivity contribution in [2.24, 2.45) is 5.73 Å². The van der Waals surface area contributed by atoms with E-state index in [1.54, 1.807) is 13.2 Å². The topological polar surface area (TPSA) is 72.9 Å². The Balaban J connectivity index is 2.20. The summed E-state index contributed by atoms with van der Waals surface area (Å²) in [7, 11) is 1.80. The van der Waals surface area contributed by atoms with Crippen LogP contribution in [0, 0.1) is 6.92 Å². The van der Waals surface area contributed by atoms with E-state index in [1.807, 2.05) is 13.1 Å². The van der Waals surface area contributed by atoms with Gasteiger partial charge in [0.25, 0.3) is 0 Å². The molecule has 1 amide bonds. The summed E-state index contributed by atoms with van der Waals surface area (Å²) in [6, 6.07) is 0.322. The monoisotopic (exact) mass is 222 g/mol. The summed E-state index contributed by atoms with van der Waals surface area (Å²) in [4.78, 5) is 15.7. The van der Waals surface area contributed by atoms with Gasteiger partial charge in [-0.25, -0.2) is 4.98 Å². The molecule has 1 aromatic rings. The number of aryl methyl sites for hydroxylation is 1. The highest BCUT2D eigenvalue weighted by Gasteiger charge is 2.43. The van der Waals surface area contributed by atoms with E-state index in [0.717, 1.165) is 25.1 Å². The Morgan fingerprint density at radius 1 is 1.75 bits per heavy atom. The van der Waals surface area contributed by atoms with E-state index in [2.05, 4.69) is 14.9 Å². The summed E-state index contributed by atoms with van der Waals surface area (Å²) >= 11 is 0. The van der Waals surface area contributed by atoms with Gasteiger partial charge in [-0.2, -0.15) is 0 Å². The van der Waals surface area contributed by atoms with Crippen LogP contribution in [0.3, 0.4) is 0 Å². The first-order valence-corrected chi connectivity index (χ1v) is 5.57. The van der Waals surface area contributed by atoms with Crippen LogP contribution in [0.1, 0.15) is 31.1 Å². The van der Waals surface area contributed by atoms with Gasteiger partial charge in [-0.05, 0) is 33.2 Å². The first kappa shape index (κ1) is 11.1. The number of nitrogens with one attached hydrogen (secondary N) is 1. The van der Waals surface area contributed by atoms with Crippen molar-refractivity contribution < 1.29 is 4.79 Å². The molecule has 0 spiro atoms. The van der Waals surface area contributed by atoms with Gasteiger partial charge in [0.15, 0.2) is 0 Å². The van der Waals surface area contributed by atoms with Gasteiger partial charge in [0, 0.05) is 18.4 Å². The quantitative estimate of drug-likeness (QED) is 0.775. The second-order valence-electron chi connectivity index (χ2n) is 4.47. The van der Waals surface area contributed by atoms with Gasteiger partial charge in [-0.3, -0.25) is 4.79 Å². The zero-order valence-electron chi connectivity index (χ0n) is 9.73. The molecule has 5 heteroatoms. The lowest BCUT2D eigenvalue weighted by Crippen LogP contribution is -2.52. The number of imidazole rings is 1. The Bertz CT molecular complexity index is 400. The maximum atomic E-state index is 11.5. The van der Waals surface area contributed by atoms with Crippen molar-refractivity contribution in [1.29, 1.82) is 0 Å². The first-order chi connectivity index (χ1) is 7.59. The van der Waals surface area contributed by atoms with Gasteiger partial charge < -0.3 is 15.6 Å². The molecular weight excluding hydrogens is 204 g/mol. The standard InChI is InChI=1S/C11H18N4O/c1-8-14-5-6-15(8)9-3-4-11(7-9,13-2)10(12)16/h5-6,9,13H,3-4,7H2,1-2H3,(H2,12,16). The number of hydrogen-bond donors (Lipinski definition) is 2. The molecule has 2 rings (SSSR count). The van der Waals surface area contributed by atoms with Crippen LogP contribution in [-0.4, -0.2) is 28.0 Å². The Kier molecular flexibility index (Phi) is 2.71. The molecule has 1 aromatic heterocycles. The molecule has 5 nitrogen and oxygen atoms in total. The molecule has 0 bridgehead atoms. The van der Waals surface area contributed by atoms with Crippen molar-refractivity contribution >= 4 is 5.91 Å². The number of nitrogens with zero attached hydrogens (tertiary/aromatic N) is 2. The lowest BCUT2D eigenvalue weighted by atomic mass is 9.97. The highest BCUT2D eigenvalue weighted by molar-refractivity contribution is 5.85. The van der Waals surface area contributed by atoms with Crippen molar-refractivity contribution in [3.8, 4) is 0 Å². The fraction of sp³-hybridized carbons (Fsp3) is 0.636. The van der Waals surface area contributed by atoms with Crippen LogP contribution in [0.5, 0.6) is 0 Å². The molecule has 3 N–H and O–H groups in total. The summed E-state index contributed by atoms with van der Waals surface area (Å²) in [5.74, 6) is 0.733. The molecule has 0 aromatic carbocycles. The van der Waals surface area contributed by atoms with Gasteiger partial charge in [-0.15, -0.1) is 0 Å². The van der Waals surface area contributed by atoms with Crippen molar-refractivity contribution in [3.05, 3.63) is 18.2 Å². The normalized spacial score (nSPS) is 29.5. The van der Waals surface area contributed by atoms with Gasteiger partial charge >= 0.3 is 0 Å². The number of primary amides is 1. The lowest BCUT2D eigenvalue weighted by Gasteiger charge is -2.25. The van der Waals surface area contributed by atoms with E-state index in [9.17, 15) is 4.79 Å². The van der Waals surface area contributed by atoms with Crippen LogP contribution in [0.4, 0.5) is 0 Å². The molecule has 2 unspecified atom stereocenters. The highest BCUT2D eigenvalue weighted by Crippen LogP contribution is 2.37. The van der Waals surface area contributed by atoms with Crippen LogP contribution in [0.2, 0.25) is 0 Å². The predicted octanol–water partition coefficient (Wildman–Crippen LogP) is 0.360. The van der Waals surface area contributed by atoms with E-state index in [-0.39, 0.29) is 5.91 Å². The molecule has 1 aliphatic rings. The van der Waals surface area contributed by atoms with Gasteiger partial charge in [0.05, 0.1) is 5.54 Å². The van der Waals surface area contributed by atoms with Crippen molar-refractivity contribution in [1.82, 2.24) is 14.9 Å². The van der Waals surface area contributed by atoms with Gasteiger partial charge in [0.1, 0.15) is 5.82 Å². The average molecular weight is 222 g/mol. The Morgan fingerprint density at radius 3 is 2.94 bits per heavy atom. The third-order valence-electron chi connectivity index (χ3n) is 3.69. The van der Waals surface area contributed by atoms with Crippen molar-refractivity contribution in [2.45, 2.75) is 37.8 Å². The van der Waals surface area contributed by atoms with Crippen molar-refractivity contribution in [3.63, 3.8) is 0 Å². The number of carbonyl (C=O) groups excluding carboxylic acids is 1. The average Bonchev–Trinajstić information content (AvgIpc) is 2.84. The summed E-state index contributed by atoms with van der Waals surface area (Å²) < 4.78 is 2.13. The fourth-order valence-corrected chi connectivity index (χ4v) is 2.60. The van der Waals surface area contributed by atoms with Crippen molar-refractivity contribution in [2.75, 3.05) is 7.05 Å². The molecular formula is C11H18N4O. The van der Waals surface area contributed by atoms with Crippen LogP contribution in [0.25, 0.3) is 0 Å². The Morgan fingerprint density at radius 2 is 2.50 bits per heavy atom. The summed E-state index contributed by atoms with van der Waals surface area (Å²) in [6.45, 7) is 1.98. The maximum Gasteiger partial charge on any atom is 0.237 e. The first-order valence-electron chi connectivity index (χ1n) is 5.57. The molecule has 1 saturated carbocycles. The molecule has 1 aliphatic carbocycles. The van der Waals surface area contributed by atoms with Gasteiger partial charge in [-0.1, -0.05) is 0 Å². The van der Waals surface area contributed by atoms with Crippen LogP contribution in [0.15, 0.2) is 12.4 Å². The molecule has 0 radical (unpaired) electrons. The minimum atomic E-state index is -0.540. The fourth-order valence-electron chi connectivity index (χ4n) is 2.60. The SMILES string of the molecule is CNC1(C(N)=O)CCC(n2ccnc2C)C1. The predicted molar refractivity (Wildman–Crippen MR) is 60.8 cm³/mol. The molecule has 0 aliphatic heterocycles. The van der Waals surface area contributed by atoms with Crippen LogP contribution in [-0.2, 0) is 4.79 Å². The third kappa shape index (κ3) is 1.61. The number of rotatable bonds is 3. The van der Waals surface area contributed by atoms with E-state index in [1.165, 1.54) is 0 Å². The Hall–Kier alpha value is -1.36. The number of carbonyl (C=O) groups is 1. The molecule has 1 fully saturated rings. The van der Waals surface area contributed by atoms with Crippen LogP contribution >= 0.6 is 0 Å². The summed E-state index contributed by atoms with van der Waals surface area (Å²) in [6.07, 6.45) is 6.25. The molecule has 0 saturated heterocycles. The van der Waals surface area contributed by atoms with E-state index >= 15 is 0 Å². The lowest BCUT2D eigenvalue weighted by molar-refractivity contribution is -0.124. The van der Waals surface area contributed by atoms with E-state index < -0.39 is 5.54 Å². The third-order valence-corrected chi connectivity index (χ3v) is 3.69. The summed E-state index contributed by atoms with van der Waals surface area (Å²) in [5.41, 5.74) is 4.93. The number of likely N-dealkylation sites (N-methyl/N-ethyl adjacent to an activating group) is 1. The largest absolute Gasteiger partial charge is 0.368 e. The van der Waals surface area contributed by atoms with E-state index in [0.29, 0.717) is 6.04 Å². The number of nitrogens with two attached hydrogens (primary N) is 1. The van der Waals surface area contributed by atoms with Gasteiger partial charge in [0.2, 0.25) is 5.91 Å². The zero-order chi connectivity index (χ0) is 11.8. The zero-order valence-corrected chi connectivity index (χ0v) is 9.73.